The number of benzene rings is 2. The molecule has 0 saturated heterocycles. The third kappa shape index (κ3) is 6.20. The monoisotopic (exact) mass is 419 g/mol. The highest BCUT2D eigenvalue weighted by Crippen LogP contribution is 2.25. The summed E-state index contributed by atoms with van der Waals surface area (Å²) >= 11 is 0. The highest BCUT2D eigenvalue weighted by Gasteiger charge is 2.19. The fourth-order valence-corrected chi connectivity index (χ4v) is 3.69. The molecule has 0 radical (unpaired) electrons. The van der Waals surface area contributed by atoms with Crippen LogP contribution in [0.15, 0.2) is 41.3 Å². The van der Waals surface area contributed by atoms with Gasteiger partial charge in [0.25, 0.3) is 0 Å². The van der Waals surface area contributed by atoms with Crippen molar-refractivity contribution >= 4 is 21.6 Å². The zero-order chi connectivity index (χ0) is 21.6. The Balaban J connectivity index is 1.90. The second kappa shape index (κ2) is 9.76. The van der Waals surface area contributed by atoms with Crippen molar-refractivity contribution in [3.8, 4) is 5.75 Å². The zero-order valence-corrected chi connectivity index (χ0v) is 18.4. The third-order valence-electron chi connectivity index (χ3n) is 4.54. The van der Waals surface area contributed by atoms with Crippen LogP contribution in [0.4, 0.5) is 5.69 Å². The van der Waals surface area contributed by atoms with Gasteiger partial charge in [-0.25, -0.2) is 12.7 Å². The summed E-state index contributed by atoms with van der Waals surface area (Å²) < 4.78 is 31.6. The van der Waals surface area contributed by atoms with Gasteiger partial charge in [0, 0.05) is 19.8 Å². The van der Waals surface area contributed by atoms with E-state index in [0.29, 0.717) is 18.8 Å². The Hall–Kier alpha value is -2.58. The second-order valence-corrected chi connectivity index (χ2v) is 9.22. The first kappa shape index (κ1) is 22.7. The van der Waals surface area contributed by atoms with Crippen LogP contribution < -0.4 is 15.4 Å². The van der Waals surface area contributed by atoms with Gasteiger partial charge in [0.2, 0.25) is 15.9 Å². The molecule has 29 heavy (non-hydrogen) atoms. The number of rotatable bonds is 9. The molecule has 0 aromatic heterocycles. The Morgan fingerprint density at radius 3 is 2.48 bits per heavy atom. The third-order valence-corrected chi connectivity index (χ3v) is 6.33. The summed E-state index contributed by atoms with van der Waals surface area (Å²) in [6.07, 6.45) is 0. The summed E-state index contributed by atoms with van der Waals surface area (Å²) in [6, 6.07) is 10.9. The molecule has 0 heterocycles. The molecule has 0 saturated carbocycles. The quantitative estimate of drug-likeness (QED) is 0.610. The van der Waals surface area contributed by atoms with E-state index in [0.717, 1.165) is 22.4 Å². The Morgan fingerprint density at radius 2 is 1.83 bits per heavy atom. The number of amides is 1. The van der Waals surface area contributed by atoms with Crippen LogP contribution in [0, 0.1) is 20.8 Å². The van der Waals surface area contributed by atoms with Crippen LogP contribution in [0.5, 0.6) is 5.75 Å². The molecule has 2 rings (SSSR count). The van der Waals surface area contributed by atoms with E-state index in [2.05, 4.69) is 10.6 Å². The van der Waals surface area contributed by atoms with Crippen molar-refractivity contribution in [3.05, 3.63) is 53.1 Å². The molecule has 158 valence electrons. The average molecular weight is 420 g/mol. The van der Waals surface area contributed by atoms with Gasteiger partial charge in [-0.15, -0.1) is 0 Å². The fraction of sp³-hybridized carbons (Fsp3) is 0.381. The molecule has 0 aliphatic heterocycles. The number of hydrogen-bond acceptors (Lipinski definition) is 5. The topological polar surface area (TPSA) is 87.7 Å². The van der Waals surface area contributed by atoms with Crippen LogP contribution >= 0.6 is 0 Å². The van der Waals surface area contributed by atoms with Crippen molar-refractivity contribution in [2.75, 3.05) is 39.1 Å². The van der Waals surface area contributed by atoms with Crippen LogP contribution in [0.1, 0.15) is 16.7 Å². The molecule has 0 atom stereocenters. The fourth-order valence-electron chi connectivity index (χ4n) is 2.67. The number of carbonyl (C=O) groups excluding carboxylic acids is 1. The Bertz CT molecular complexity index is 972. The molecule has 0 fully saturated rings. The highest BCUT2D eigenvalue weighted by atomic mass is 32.2. The molecule has 1 amide bonds. The van der Waals surface area contributed by atoms with Crippen molar-refractivity contribution in [1.29, 1.82) is 0 Å². The number of hydrogen-bond donors (Lipinski definition) is 2. The first-order valence-electron chi connectivity index (χ1n) is 9.35. The Kier molecular flexibility index (Phi) is 7.64. The Labute approximate surface area is 173 Å². The second-order valence-electron chi connectivity index (χ2n) is 7.07. The molecule has 0 unspecified atom stereocenters. The van der Waals surface area contributed by atoms with Crippen LogP contribution in [-0.2, 0) is 14.8 Å². The number of ether oxygens (including phenoxy) is 1. The summed E-state index contributed by atoms with van der Waals surface area (Å²) in [5.41, 5.74) is 3.47. The van der Waals surface area contributed by atoms with Gasteiger partial charge in [-0.05, 0) is 61.7 Å². The summed E-state index contributed by atoms with van der Waals surface area (Å²) in [5, 5.41) is 5.82. The molecule has 0 aliphatic carbocycles. The normalized spacial score (nSPS) is 11.4. The van der Waals surface area contributed by atoms with Gasteiger partial charge in [-0.2, -0.15) is 0 Å². The maximum absolute atomic E-state index is 12.4. The molecule has 0 aliphatic rings. The predicted molar refractivity (Wildman–Crippen MR) is 115 cm³/mol. The predicted octanol–water partition coefficient (Wildman–Crippen LogP) is 2.47. The number of carbonyl (C=O) groups is 1. The van der Waals surface area contributed by atoms with E-state index >= 15 is 0 Å². The van der Waals surface area contributed by atoms with E-state index in [4.69, 9.17) is 4.74 Å². The van der Waals surface area contributed by atoms with Crippen LogP contribution in [0.3, 0.4) is 0 Å². The minimum absolute atomic E-state index is 0.0379. The molecule has 2 aromatic rings. The summed E-state index contributed by atoms with van der Waals surface area (Å²) in [7, 11) is -0.568. The standard InChI is InChI=1S/C21H29N3O4S/c1-15-7-6-8-18(11-15)28-10-9-22-21(25)14-23-20-13-19(12-16(2)17(20)3)29(26,27)24(4)5/h6-8,11-13,23H,9-10,14H2,1-5H3,(H,22,25). The molecule has 2 N–H and O–H groups in total. The average Bonchev–Trinajstić information content (AvgIpc) is 2.66. The first-order valence-corrected chi connectivity index (χ1v) is 10.8. The van der Waals surface area contributed by atoms with E-state index < -0.39 is 10.0 Å². The number of nitrogens with zero attached hydrogens (tertiary/aromatic N) is 1. The lowest BCUT2D eigenvalue weighted by Gasteiger charge is -2.17. The summed E-state index contributed by atoms with van der Waals surface area (Å²) in [6.45, 7) is 6.50. The molecular formula is C21H29N3O4S. The number of aryl methyl sites for hydroxylation is 2. The number of anilines is 1. The van der Waals surface area contributed by atoms with Crippen molar-refractivity contribution in [1.82, 2.24) is 9.62 Å². The minimum Gasteiger partial charge on any atom is -0.492 e. The van der Waals surface area contributed by atoms with Gasteiger partial charge in [-0.3, -0.25) is 4.79 Å². The minimum atomic E-state index is -3.55. The number of sulfonamides is 1. The molecule has 7 nitrogen and oxygen atoms in total. The van der Waals surface area contributed by atoms with Gasteiger partial charge in [0.1, 0.15) is 12.4 Å². The Morgan fingerprint density at radius 1 is 1.10 bits per heavy atom. The molecular weight excluding hydrogens is 390 g/mol. The van der Waals surface area contributed by atoms with Gasteiger partial charge in [0.15, 0.2) is 0 Å². The highest BCUT2D eigenvalue weighted by molar-refractivity contribution is 7.89. The zero-order valence-electron chi connectivity index (χ0n) is 17.6. The SMILES string of the molecule is Cc1cccc(OCCNC(=O)CNc2cc(S(=O)(=O)N(C)C)cc(C)c2C)c1. The van der Waals surface area contributed by atoms with E-state index in [9.17, 15) is 13.2 Å². The molecule has 0 bridgehead atoms. The molecule has 2 aromatic carbocycles. The van der Waals surface area contributed by atoms with Gasteiger partial charge in [-0.1, -0.05) is 12.1 Å². The smallest absolute Gasteiger partial charge is 0.242 e. The van der Waals surface area contributed by atoms with E-state index in [1.807, 2.05) is 45.0 Å². The largest absolute Gasteiger partial charge is 0.492 e. The lowest BCUT2D eigenvalue weighted by Crippen LogP contribution is -2.33. The van der Waals surface area contributed by atoms with E-state index in [1.165, 1.54) is 18.4 Å². The van der Waals surface area contributed by atoms with Crippen molar-refractivity contribution < 1.29 is 17.9 Å². The van der Waals surface area contributed by atoms with Crippen LogP contribution in [0.25, 0.3) is 0 Å². The van der Waals surface area contributed by atoms with Crippen molar-refractivity contribution in [2.45, 2.75) is 25.7 Å². The van der Waals surface area contributed by atoms with Gasteiger partial charge < -0.3 is 15.4 Å². The van der Waals surface area contributed by atoms with Crippen molar-refractivity contribution in [3.63, 3.8) is 0 Å². The number of nitrogens with one attached hydrogen (secondary N) is 2. The van der Waals surface area contributed by atoms with Crippen LogP contribution in [-0.4, -0.2) is 52.4 Å². The van der Waals surface area contributed by atoms with Gasteiger partial charge in [0.05, 0.1) is 18.0 Å². The molecule has 0 spiro atoms. The van der Waals surface area contributed by atoms with E-state index in [-0.39, 0.29) is 17.3 Å². The van der Waals surface area contributed by atoms with Gasteiger partial charge >= 0.3 is 0 Å². The molecule has 8 heteroatoms. The lowest BCUT2D eigenvalue weighted by atomic mass is 10.1. The lowest BCUT2D eigenvalue weighted by molar-refractivity contribution is -0.119. The first-order chi connectivity index (χ1) is 13.6. The van der Waals surface area contributed by atoms with E-state index in [1.54, 1.807) is 12.1 Å². The summed E-state index contributed by atoms with van der Waals surface area (Å²) in [4.78, 5) is 12.3. The van der Waals surface area contributed by atoms with Crippen molar-refractivity contribution in [2.24, 2.45) is 0 Å². The van der Waals surface area contributed by atoms with Crippen LogP contribution in [0.2, 0.25) is 0 Å². The summed E-state index contributed by atoms with van der Waals surface area (Å²) in [5.74, 6) is 0.568. The maximum Gasteiger partial charge on any atom is 0.242 e. The maximum atomic E-state index is 12.4.